The molecule has 0 amide bonds. The lowest BCUT2D eigenvalue weighted by molar-refractivity contribution is 0.416. The van der Waals surface area contributed by atoms with Crippen molar-refractivity contribution in [3.05, 3.63) is 48.7 Å². The van der Waals surface area contributed by atoms with Crippen LogP contribution in [-0.2, 0) is 13.6 Å². The first-order chi connectivity index (χ1) is 14.6. The van der Waals surface area contributed by atoms with Crippen LogP contribution in [0.1, 0.15) is 6.92 Å². The molecule has 0 unspecified atom stereocenters. The fraction of sp³-hybridized carbons (Fsp3) is 0.190. The zero-order valence-electron chi connectivity index (χ0n) is 16.7. The Bertz CT molecular complexity index is 1410. The number of rotatable bonds is 4. The standard InChI is InChI=1S/C21H18FN7O/c1-4-29-11-23-20-15(10-24-26-21(20)29)12-5-6-16(22)13(7-12)14-8-18-17(9-19(14)30-3)25-27-28(18)2/h5-11H,4H2,1-3H3. The Morgan fingerprint density at radius 2 is 1.93 bits per heavy atom. The summed E-state index contributed by atoms with van der Waals surface area (Å²) in [4.78, 5) is 4.49. The number of nitrogens with zero attached hydrogens (tertiary/aromatic N) is 7. The molecule has 9 heteroatoms. The summed E-state index contributed by atoms with van der Waals surface area (Å²) in [5.74, 6) is 0.163. The quantitative estimate of drug-likeness (QED) is 0.456. The molecule has 3 aromatic heterocycles. The Kier molecular flexibility index (Phi) is 4.16. The molecule has 0 aliphatic carbocycles. The SMILES string of the molecule is CCn1cnc2c(-c3ccc(F)c(-c4cc5c(cc4OC)nnn5C)c3)cnnc21. The molecule has 0 fully saturated rings. The van der Waals surface area contributed by atoms with E-state index < -0.39 is 0 Å². The van der Waals surface area contributed by atoms with Crippen LogP contribution in [0.25, 0.3) is 44.5 Å². The Labute approximate surface area is 170 Å². The number of ether oxygens (including phenoxy) is 1. The van der Waals surface area contributed by atoms with Crippen LogP contribution in [0.15, 0.2) is 42.9 Å². The van der Waals surface area contributed by atoms with Crippen molar-refractivity contribution >= 4 is 22.2 Å². The first kappa shape index (κ1) is 18.2. The highest BCUT2D eigenvalue weighted by Gasteiger charge is 2.17. The van der Waals surface area contributed by atoms with Crippen molar-refractivity contribution in [3.63, 3.8) is 0 Å². The van der Waals surface area contributed by atoms with Gasteiger partial charge in [0, 0.05) is 36.3 Å². The lowest BCUT2D eigenvalue weighted by atomic mass is 9.98. The van der Waals surface area contributed by atoms with E-state index in [2.05, 4.69) is 25.5 Å². The maximum Gasteiger partial charge on any atom is 0.183 e. The van der Waals surface area contributed by atoms with Gasteiger partial charge in [-0.1, -0.05) is 11.3 Å². The minimum Gasteiger partial charge on any atom is -0.496 e. The fourth-order valence-corrected chi connectivity index (χ4v) is 3.65. The van der Waals surface area contributed by atoms with Crippen molar-refractivity contribution in [3.8, 4) is 28.0 Å². The summed E-state index contributed by atoms with van der Waals surface area (Å²) in [5, 5.41) is 16.5. The van der Waals surface area contributed by atoms with Crippen molar-refractivity contribution in [2.75, 3.05) is 7.11 Å². The number of hydrogen-bond donors (Lipinski definition) is 0. The second kappa shape index (κ2) is 6.87. The average molecular weight is 403 g/mol. The van der Waals surface area contributed by atoms with Gasteiger partial charge in [0.1, 0.15) is 22.6 Å². The monoisotopic (exact) mass is 403 g/mol. The van der Waals surface area contributed by atoms with Crippen molar-refractivity contribution in [1.82, 2.24) is 34.7 Å². The number of aryl methyl sites for hydroxylation is 2. The third-order valence-electron chi connectivity index (χ3n) is 5.24. The van der Waals surface area contributed by atoms with Gasteiger partial charge in [0.25, 0.3) is 0 Å². The molecule has 2 aromatic carbocycles. The van der Waals surface area contributed by atoms with Gasteiger partial charge in [-0.2, -0.15) is 5.10 Å². The fourth-order valence-electron chi connectivity index (χ4n) is 3.65. The molecule has 0 saturated carbocycles. The van der Waals surface area contributed by atoms with E-state index in [1.54, 1.807) is 49.6 Å². The molecule has 8 nitrogen and oxygen atoms in total. The van der Waals surface area contributed by atoms with E-state index >= 15 is 0 Å². The number of imidazole rings is 1. The first-order valence-corrected chi connectivity index (χ1v) is 9.45. The van der Waals surface area contributed by atoms with Gasteiger partial charge in [-0.15, -0.1) is 10.2 Å². The predicted molar refractivity (Wildman–Crippen MR) is 110 cm³/mol. The lowest BCUT2D eigenvalue weighted by Crippen LogP contribution is -1.96. The molecular formula is C21H18FN7O. The molecule has 5 rings (SSSR count). The minimum atomic E-state index is -0.358. The van der Waals surface area contributed by atoms with Crippen molar-refractivity contribution in [2.45, 2.75) is 13.5 Å². The largest absolute Gasteiger partial charge is 0.496 e. The Hall–Kier alpha value is -3.88. The van der Waals surface area contributed by atoms with Crippen molar-refractivity contribution < 1.29 is 9.13 Å². The third kappa shape index (κ3) is 2.70. The Balaban J connectivity index is 1.73. The van der Waals surface area contributed by atoms with Crippen LogP contribution < -0.4 is 4.74 Å². The molecule has 0 saturated heterocycles. The number of fused-ring (bicyclic) bond motifs is 2. The summed E-state index contributed by atoms with van der Waals surface area (Å²) in [6, 6.07) is 8.54. The minimum absolute atomic E-state index is 0.358. The molecule has 0 spiro atoms. The Morgan fingerprint density at radius 1 is 1.07 bits per heavy atom. The molecule has 0 aliphatic heterocycles. The topological polar surface area (TPSA) is 83.5 Å². The zero-order valence-corrected chi connectivity index (χ0v) is 16.7. The van der Waals surface area contributed by atoms with Gasteiger partial charge in [0.05, 0.1) is 25.2 Å². The number of benzene rings is 2. The van der Waals surface area contributed by atoms with Gasteiger partial charge in [-0.25, -0.2) is 14.1 Å². The van der Waals surface area contributed by atoms with Gasteiger partial charge in [-0.05, 0) is 30.7 Å². The van der Waals surface area contributed by atoms with Crippen LogP contribution in [-0.4, -0.2) is 41.9 Å². The molecule has 3 heterocycles. The highest BCUT2D eigenvalue weighted by Crippen LogP contribution is 2.37. The van der Waals surface area contributed by atoms with E-state index in [-0.39, 0.29) is 5.82 Å². The van der Waals surface area contributed by atoms with Crippen LogP contribution in [0.5, 0.6) is 5.75 Å². The smallest absolute Gasteiger partial charge is 0.183 e. The van der Waals surface area contributed by atoms with Crippen LogP contribution in [0.2, 0.25) is 0 Å². The summed E-state index contributed by atoms with van der Waals surface area (Å²) in [6.45, 7) is 2.75. The van der Waals surface area contributed by atoms with E-state index in [1.165, 1.54) is 6.07 Å². The number of hydrogen-bond acceptors (Lipinski definition) is 6. The lowest BCUT2D eigenvalue weighted by Gasteiger charge is -2.12. The van der Waals surface area contributed by atoms with Crippen molar-refractivity contribution in [2.24, 2.45) is 7.05 Å². The zero-order chi connectivity index (χ0) is 20.8. The van der Waals surface area contributed by atoms with E-state index in [0.29, 0.717) is 28.0 Å². The van der Waals surface area contributed by atoms with Gasteiger partial charge in [0.2, 0.25) is 0 Å². The summed E-state index contributed by atoms with van der Waals surface area (Å²) < 4.78 is 24.0. The molecule has 0 bridgehead atoms. The van der Waals surface area contributed by atoms with Gasteiger partial charge < -0.3 is 9.30 Å². The van der Waals surface area contributed by atoms with Crippen LogP contribution in [0, 0.1) is 5.82 Å². The van der Waals surface area contributed by atoms with E-state index in [9.17, 15) is 4.39 Å². The second-order valence-corrected chi connectivity index (χ2v) is 6.91. The van der Waals surface area contributed by atoms with Gasteiger partial charge >= 0.3 is 0 Å². The predicted octanol–water partition coefficient (Wildman–Crippen LogP) is 3.61. The Morgan fingerprint density at radius 3 is 2.73 bits per heavy atom. The third-order valence-corrected chi connectivity index (χ3v) is 5.24. The molecule has 0 N–H and O–H groups in total. The average Bonchev–Trinajstić information content (AvgIpc) is 3.36. The molecule has 30 heavy (non-hydrogen) atoms. The first-order valence-electron chi connectivity index (χ1n) is 9.45. The molecule has 5 aromatic rings. The number of methoxy groups -OCH3 is 1. The highest BCUT2D eigenvalue weighted by molar-refractivity contribution is 5.92. The maximum absolute atomic E-state index is 14.9. The van der Waals surface area contributed by atoms with E-state index in [1.807, 2.05) is 17.6 Å². The highest BCUT2D eigenvalue weighted by atomic mass is 19.1. The van der Waals surface area contributed by atoms with Crippen LogP contribution in [0.3, 0.4) is 0 Å². The summed E-state index contributed by atoms with van der Waals surface area (Å²) in [7, 11) is 3.35. The van der Waals surface area contributed by atoms with Crippen LogP contribution in [0.4, 0.5) is 4.39 Å². The number of halogens is 1. The summed E-state index contributed by atoms with van der Waals surface area (Å²) in [6.07, 6.45) is 3.39. The van der Waals surface area contributed by atoms with E-state index in [0.717, 1.165) is 28.7 Å². The summed E-state index contributed by atoms with van der Waals surface area (Å²) in [5.41, 5.74) is 5.49. The van der Waals surface area contributed by atoms with Gasteiger partial charge in [0.15, 0.2) is 5.65 Å². The molecule has 150 valence electrons. The molecular weight excluding hydrogens is 385 g/mol. The number of aromatic nitrogens is 7. The molecule has 0 aliphatic rings. The second-order valence-electron chi connectivity index (χ2n) is 6.91. The van der Waals surface area contributed by atoms with E-state index in [4.69, 9.17) is 4.74 Å². The normalized spacial score (nSPS) is 11.5. The summed E-state index contributed by atoms with van der Waals surface area (Å²) >= 11 is 0. The molecule has 0 atom stereocenters. The maximum atomic E-state index is 14.9. The van der Waals surface area contributed by atoms with Crippen molar-refractivity contribution in [1.29, 1.82) is 0 Å². The van der Waals surface area contributed by atoms with Crippen LogP contribution >= 0.6 is 0 Å². The van der Waals surface area contributed by atoms with Gasteiger partial charge in [-0.3, -0.25) is 0 Å². The molecule has 0 radical (unpaired) electrons.